The molecule has 0 heterocycles. The van der Waals surface area contributed by atoms with Gasteiger partial charge in [-0.1, -0.05) is 36.1 Å². The lowest BCUT2D eigenvalue weighted by atomic mass is 10.1. The van der Waals surface area contributed by atoms with Gasteiger partial charge in [-0.05, 0) is 97.1 Å². The van der Waals surface area contributed by atoms with Gasteiger partial charge in [-0.2, -0.15) is 0 Å². The van der Waals surface area contributed by atoms with Crippen molar-refractivity contribution in [2.45, 2.75) is 0 Å². The maximum Gasteiger partial charge on any atom is 0.120 e. The monoisotopic (exact) mass is 632 g/mol. The molecule has 6 aromatic carbocycles. The molecule has 6 rings (SSSR count). The van der Waals surface area contributed by atoms with Gasteiger partial charge in [0.05, 0.1) is 28.4 Å². The summed E-state index contributed by atoms with van der Waals surface area (Å²) in [5.41, 5.74) is 7.68. The fourth-order valence-electron chi connectivity index (χ4n) is 5.42. The molecule has 238 valence electrons. The molecular formula is C42H36N2O4. The summed E-state index contributed by atoms with van der Waals surface area (Å²) in [7, 11) is 6.70. The molecule has 0 fully saturated rings. The molecule has 6 nitrogen and oxygen atoms in total. The lowest BCUT2D eigenvalue weighted by Gasteiger charge is -2.26. The van der Waals surface area contributed by atoms with Crippen LogP contribution < -0.4 is 28.7 Å². The fourth-order valence-corrected chi connectivity index (χ4v) is 5.42. The van der Waals surface area contributed by atoms with Gasteiger partial charge in [0.25, 0.3) is 0 Å². The summed E-state index contributed by atoms with van der Waals surface area (Å²) in [6.45, 7) is 0. The van der Waals surface area contributed by atoms with E-state index in [0.29, 0.717) is 0 Å². The first-order chi connectivity index (χ1) is 23.6. The van der Waals surface area contributed by atoms with E-state index in [1.54, 1.807) is 28.4 Å². The van der Waals surface area contributed by atoms with Crippen molar-refractivity contribution < 1.29 is 18.9 Å². The molecule has 0 aliphatic carbocycles. The summed E-state index contributed by atoms with van der Waals surface area (Å²) < 4.78 is 22.1. The number of rotatable bonds is 10. The summed E-state index contributed by atoms with van der Waals surface area (Å²) >= 11 is 0. The first-order valence-corrected chi connectivity index (χ1v) is 15.5. The second-order valence-corrected chi connectivity index (χ2v) is 10.8. The average Bonchev–Trinajstić information content (AvgIpc) is 3.15. The highest BCUT2D eigenvalue weighted by Gasteiger charge is 2.15. The Balaban J connectivity index is 1.28. The molecule has 0 atom stereocenters. The Morgan fingerprint density at radius 1 is 0.333 bits per heavy atom. The molecule has 6 aromatic rings. The average molecular weight is 633 g/mol. The maximum absolute atomic E-state index is 5.52. The molecule has 0 spiro atoms. The lowest BCUT2D eigenvalue weighted by Crippen LogP contribution is -2.10. The SMILES string of the molecule is COc1cccc(N(c2ccc(C#Cc3ccc(N(c4cccc(OC)c4)c4cccc(OC)c4)cc3)cc2)c2cccc(OC)c2)c1. The van der Waals surface area contributed by atoms with Gasteiger partial charge in [-0.25, -0.2) is 0 Å². The summed E-state index contributed by atoms with van der Waals surface area (Å²) in [5.74, 6) is 9.79. The Morgan fingerprint density at radius 3 is 0.854 bits per heavy atom. The van der Waals surface area contributed by atoms with Crippen molar-refractivity contribution in [1.82, 2.24) is 0 Å². The van der Waals surface area contributed by atoms with Gasteiger partial charge in [0.1, 0.15) is 23.0 Å². The van der Waals surface area contributed by atoms with Crippen LogP contribution >= 0.6 is 0 Å². The van der Waals surface area contributed by atoms with E-state index in [1.807, 2.05) is 97.1 Å². The zero-order valence-electron chi connectivity index (χ0n) is 27.4. The summed E-state index contributed by atoms with van der Waals surface area (Å²) in [4.78, 5) is 4.33. The summed E-state index contributed by atoms with van der Waals surface area (Å²) in [6, 6.07) is 48.4. The van der Waals surface area contributed by atoms with E-state index in [0.717, 1.165) is 68.2 Å². The van der Waals surface area contributed by atoms with Crippen LogP contribution in [0.1, 0.15) is 11.1 Å². The summed E-state index contributed by atoms with van der Waals surface area (Å²) in [5, 5.41) is 0. The van der Waals surface area contributed by atoms with Gasteiger partial charge in [-0.3, -0.25) is 0 Å². The Morgan fingerprint density at radius 2 is 0.604 bits per heavy atom. The van der Waals surface area contributed by atoms with Crippen molar-refractivity contribution in [3.63, 3.8) is 0 Å². The second kappa shape index (κ2) is 14.8. The Labute approximate surface area is 282 Å². The molecule has 0 aliphatic rings. The fraction of sp³-hybridized carbons (Fsp3) is 0.0952. The first-order valence-electron chi connectivity index (χ1n) is 15.5. The van der Waals surface area contributed by atoms with E-state index in [4.69, 9.17) is 18.9 Å². The van der Waals surface area contributed by atoms with Crippen molar-refractivity contribution in [2.24, 2.45) is 0 Å². The van der Waals surface area contributed by atoms with Crippen molar-refractivity contribution in [1.29, 1.82) is 0 Å². The molecule has 0 amide bonds. The number of hydrogen-bond acceptors (Lipinski definition) is 6. The highest BCUT2D eigenvalue weighted by Crippen LogP contribution is 2.39. The van der Waals surface area contributed by atoms with E-state index >= 15 is 0 Å². The van der Waals surface area contributed by atoms with E-state index in [-0.39, 0.29) is 0 Å². The molecular weight excluding hydrogens is 596 g/mol. The predicted molar refractivity (Wildman–Crippen MR) is 194 cm³/mol. The molecule has 0 unspecified atom stereocenters. The largest absolute Gasteiger partial charge is 0.497 e. The highest BCUT2D eigenvalue weighted by molar-refractivity contribution is 5.79. The van der Waals surface area contributed by atoms with Crippen LogP contribution in [0.15, 0.2) is 146 Å². The second-order valence-electron chi connectivity index (χ2n) is 10.8. The summed E-state index contributed by atoms with van der Waals surface area (Å²) in [6.07, 6.45) is 0. The van der Waals surface area contributed by atoms with Crippen LogP contribution in [0.3, 0.4) is 0 Å². The standard InChI is InChI=1S/C42H36N2O4/c1-45-39-13-5-9-35(27-39)43(36-10-6-14-40(28-36)46-2)33-23-19-31(20-24-33)17-18-32-21-25-34(26-22-32)44(37-11-7-15-41(29-37)47-3)38-12-8-16-42(30-38)48-4/h5-16,19-30H,1-4H3. The smallest absolute Gasteiger partial charge is 0.120 e. The molecule has 0 aliphatic heterocycles. The topological polar surface area (TPSA) is 43.4 Å². The number of nitrogens with zero attached hydrogens (tertiary/aromatic N) is 2. The third-order valence-corrected chi connectivity index (χ3v) is 7.85. The van der Waals surface area contributed by atoms with Gasteiger partial charge >= 0.3 is 0 Å². The lowest BCUT2D eigenvalue weighted by molar-refractivity contribution is 0.414. The minimum Gasteiger partial charge on any atom is -0.497 e. The molecule has 48 heavy (non-hydrogen) atoms. The van der Waals surface area contributed by atoms with Gasteiger partial charge in [0, 0.05) is 69.5 Å². The molecule has 0 N–H and O–H groups in total. The van der Waals surface area contributed by atoms with Gasteiger partial charge in [0.2, 0.25) is 0 Å². The minimum atomic E-state index is 0.781. The molecule has 6 heteroatoms. The number of hydrogen-bond donors (Lipinski definition) is 0. The van der Waals surface area contributed by atoms with Crippen molar-refractivity contribution in [2.75, 3.05) is 38.2 Å². The van der Waals surface area contributed by atoms with Crippen LogP contribution in [0.25, 0.3) is 0 Å². The zero-order valence-corrected chi connectivity index (χ0v) is 27.4. The van der Waals surface area contributed by atoms with Crippen LogP contribution in [0, 0.1) is 11.8 Å². The number of methoxy groups -OCH3 is 4. The molecule has 0 radical (unpaired) electrons. The van der Waals surface area contributed by atoms with E-state index in [1.165, 1.54) is 0 Å². The predicted octanol–water partition coefficient (Wildman–Crippen LogP) is 10.1. The Bertz CT molecular complexity index is 1800. The number of benzene rings is 6. The Hall–Kier alpha value is -6.32. The van der Waals surface area contributed by atoms with Crippen molar-refractivity contribution >= 4 is 34.1 Å². The third kappa shape index (κ3) is 7.22. The quantitative estimate of drug-likeness (QED) is 0.140. The van der Waals surface area contributed by atoms with Crippen LogP contribution in [0.2, 0.25) is 0 Å². The van der Waals surface area contributed by atoms with Gasteiger partial charge in [0.15, 0.2) is 0 Å². The van der Waals surface area contributed by atoms with E-state index < -0.39 is 0 Å². The van der Waals surface area contributed by atoms with E-state index in [9.17, 15) is 0 Å². The van der Waals surface area contributed by atoms with E-state index in [2.05, 4.69) is 70.2 Å². The van der Waals surface area contributed by atoms with Gasteiger partial charge in [-0.15, -0.1) is 0 Å². The zero-order chi connectivity index (χ0) is 33.3. The normalized spacial score (nSPS) is 10.3. The molecule has 0 saturated carbocycles. The first kappa shape index (κ1) is 31.7. The molecule has 0 saturated heterocycles. The van der Waals surface area contributed by atoms with Crippen LogP contribution in [-0.2, 0) is 0 Å². The number of ether oxygens (including phenoxy) is 4. The van der Waals surface area contributed by atoms with Crippen molar-refractivity contribution in [3.05, 3.63) is 157 Å². The molecule has 0 bridgehead atoms. The van der Waals surface area contributed by atoms with Gasteiger partial charge < -0.3 is 28.7 Å². The molecule has 0 aromatic heterocycles. The number of anilines is 6. The minimum absolute atomic E-state index is 0.781. The van der Waals surface area contributed by atoms with Crippen LogP contribution in [0.4, 0.5) is 34.1 Å². The Kier molecular flexibility index (Phi) is 9.79. The van der Waals surface area contributed by atoms with Crippen molar-refractivity contribution in [3.8, 4) is 34.8 Å². The van der Waals surface area contributed by atoms with Crippen LogP contribution in [0.5, 0.6) is 23.0 Å². The maximum atomic E-state index is 5.52. The van der Waals surface area contributed by atoms with Crippen LogP contribution in [-0.4, -0.2) is 28.4 Å². The highest BCUT2D eigenvalue weighted by atomic mass is 16.5. The third-order valence-electron chi connectivity index (χ3n) is 7.85.